The normalized spacial score (nSPS) is 22.9. The average molecular weight is 337 g/mol. The number of rotatable bonds is 2. The Kier molecular flexibility index (Phi) is 3.22. The molecule has 5 rings (SSSR count). The number of halogens is 2. The van der Waals surface area contributed by atoms with E-state index in [1.54, 1.807) is 13.2 Å². The summed E-state index contributed by atoms with van der Waals surface area (Å²) in [6.07, 6.45) is 5.10. The molecular weight excluding hydrogens is 323 g/mol. The minimum absolute atomic E-state index is 0.137. The van der Waals surface area contributed by atoms with Crippen LogP contribution in [-0.4, -0.2) is 44.9 Å². The van der Waals surface area contributed by atoms with E-state index in [1.807, 2.05) is 9.80 Å². The second kappa shape index (κ2) is 5.16. The van der Waals surface area contributed by atoms with Crippen LogP contribution in [0.25, 0.3) is 0 Å². The van der Waals surface area contributed by atoms with Gasteiger partial charge in [-0.2, -0.15) is 5.10 Å². The maximum Gasteiger partial charge on any atom is 0.287 e. The van der Waals surface area contributed by atoms with E-state index in [4.69, 9.17) is 11.6 Å². The summed E-state index contributed by atoms with van der Waals surface area (Å²) in [5.74, 6) is -0.0713. The van der Waals surface area contributed by atoms with Gasteiger partial charge in [0.25, 0.3) is 5.56 Å². The van der Waals surface area contributed by atoms with Crippen molar-refractivity contribution in [2.45, 2.75) is 18.5 Å². The molecule has 2 aromatic heterocycles. The van der Waals surface area contributed by atoms with Gasteiger partial charge in [0.05, 0.1) is 30.2 Å². The topological polar surface area (TPSA) is 67.2 Å². The molecule has 0 N–H and O–H groups in total. The van der Waals surface area contributed by atoms with Gasteiger partial charge in [0.1, 0.15) is 11.3 Å². The number of aryl methyl sites for hydroxylation is 1. The van der Waals surface area contributed by atoms with Gasteiger partial charge in [-0.1, -0.05) is 11.6 Å². The van der Waals surface area contributed by atoms with Crippen LogP contribution in [0.2, 0.25) is 5.02 Å². The summed E-state index contributed by atoms with van der Waals surface area (Å²) in [6.45, 7) is 1.29. The highest BCUT2D eigenvalue weighted by atomic mass is 35.5. The lowest BCUT2D eigenvalue weighted by atomic mass is 9.87. The summed E-state index contributed by atoms with van der Waals surface area (Å²) in [7, 11) is 1.56. The highest BCUT2D eigenvalue weighted by Gasteiger charge is 2.46. The number of piperazine rings is 1. The van der Waals surface area contributed by atoms with E-state index < -0.39 is 5.82 Å². The van der Waals surface area contributed by atoms with Crippen molar-refractivity contribution < 1.29 is 4.39 Å². The fourth-order valence-corrected chi connectivity index (χ4v) is 3.66. The Bertz CT molecular complexity index is 815. The number of nitrogens with zero attached hydrogens (tertiary/aromatic N) is 6. The standard InChI is InChI=1S/C14H14ClFN6O/c1-20-14(23)12(15)11(4-19-20)21-5-8-2-9(6-21)22(8)13-10(16)3-17-7-18-13/h3-4,7-9H,2,5-6H2,1H3. The Hall–Kier alpha value is -2.22. The van der Waals surface area contributed by atoms with Crippen molar-refractivity contribution in [2.24, 2.45) is 7.05 Å². The molecule has 120 valence electrons. The summed E-state index contributed by atoms with van der Waals surface area (Å²) in [6, 6.07) is 0.275. The molecule has 0 spiro atoms. The quantitative estimate of drug-likeness (QED) is 0.809. The molecule has 0 radical (unpaired) electrons. The summed E-state index contributed by atoms with van der Waals surface area (Å²) in [5.41, 5.74) is 0.314. The zero-order valence-electron chi connectivity index (χ0n) is 12.4. The zero-order chi connectivity index (χ0) is 16.1. The van der Waals surface area contributed by atoms with E-state index in [0.717, 1.165) is 6.42 Å². The maximum absolute atomic E-state index is 13.9. The first-order valence-corrected chi connectivity index (χ1v) is 7.64. The van der Waals surface area contributed by atoms with Crippen molar-refractivity contribution in [2.75, 3.05) is 22.9 Å². The first kappa shape index (κ1) is 14.4. The lowest BCUT2D eigenvalue weighted by Crippen LogP contribution is -2.69. The van der Waals surface area contributed by atoms with Gasteiger partial charge in [-0.15, -0.1) is 0 Å². The van der Waals surface area contributed by atoms with Crippen molar-refractivity contribution in [1.29, 1.82) is 0 Å². The van der Waals surface area contributed by atoms with E-state index in [-0.39, 0.29) is 22.7 Å². The minimum atomic E-state index is -0.413. The van der Waals surface area contributed by atoms with Gasteiger partial charge < -0.3 is 9.80 Å². The van der Waals surface area contributed by atoms with Crippen LogP contribution in [0.4, 0.5) is 15.9 Å². The zero-order valence-corrected chi connectivity index (χ0v) is 13.1. The molecule has 3 saturated heterocycles. The molecule has 3 fully saturated rings. The lowest BCUT2D eigenvalue weighted by molar-refractivity contribution is 0.284. The second-order valence-electron chi connectivity index (χ2n) is 5.82. The van der Waals surface area contributed by atoms with Crippen molar-refractivity contribution in [3.63, 3.8) is 0 Å². The van der Waals surface area contributed by atoms with Crippen LogP contribution in [0.15, 0.2) is 23.5 Å². The third-order valence-electron chi connectivity index (χ3n) is 4.49. The third kappa shape index (κ3) is 2.16. The maximum atomic E-state index is 13.9. The van der Waals surface area contributed by atoms with E-state index >= 15 is 0 Å². The summed E-state index contributed by atoms with van der Waals surface area (Å²) in [5, 5.41) is 4.20. The fourth-order valence-electron chi connectivity index (χ4n) is 3.37. The molecule has 3 aliphatic heterocycles. The van der Waals surface area contributed by atoms with Crippen LogP contribution >= 0.6 is 11.6 Å². The van der Waals surface area contributed by atoms with E-state index in [9.17, 15) is 9.18 Å². The Labute approximate surface area is 136 Å². The average Bonchev–Trinajstić information content (AvgIpc) is 2.55. The number of fused-ring (bicyclic) bond motifs is 2. The molecule has 7 nitrogen and oxygen atoms in total. The van der Waals surface area contributed by atoms with Gasteiger partial charge in [0, 0.05) is 20.1 Å². The van der Waals surface area contributed by atoms with Gasteiger partial charge in [-0.25, -0.2) is 19.0 Å². The highest BCUT2D eigenvalue weighted by molar-refractivity contribution is 6.33. The lowest BCUT2D eigenvalue weighted by Gasteiger charge is -2.57. The second-order valence-corrected chi connectivity index (χ2v) is 6.20. The van der Waals surface area contributed by atoms with Crippen molar-refractivity contribution in [1.82, 2.24) is 19.7 Å². The molecule has 2 atom stereocenters. The van der Waals surface area contributed by atoms with Crippen molar-refractivity contribution >= 4 is 23.1 Å². The van der Waals surface area contributed by atoms with Crippen molar-refractivity contribution in [3.8, 4) is 0 Å². The monoisotopic (exact) mass is 336 g/mol. The molecule has 2 unspecified atom stereocenters. The molecule has 0 aromatic carbocycles. The van der Waals surface area contributed by atoms with E-state index in [2.05, 4.69) is 15.1 Å². The largest absolute Gasteiger partial charge is 0.365 e. The van der Waals surface area contributed by atoms with Gasteiger partial charge in [-0.05, 0) is 6.42 Å². The van der Waals surface area contributed by atoms with Crippen LogP contribution in [0.5, 0.6) is 0 Å². The number of hydrogen-bond acceptors (Lipinski definition) is 6. The molecular formula is C14H14ClFN6O. The van der Waals surface area contributed by atoms with E-state index in [0.29, 0.717) is 24.6 Å². The van der Waals surface area contributed by atoms with Crippen LogP contribution in [-0.2, 0) is 7.05 Å². The number of hydrogen-bond donors (Lipinski definition) is 0. The third-order valence-corrected chi connectivity index (χ3v) is 4.84. The first-order chi connectivity index (χ1) is 11.1. The smallest absolute Gasteiger partial charge is 0.287 e. The predicted octanol–water partition coefficient (Wildman–Crippen LogP) is 0.830. The summed E-state index contributed by atoms with van der Waals surface area (Å²) < 4.78 is 15.1. The Morgan fingerprint density at radius 2 is 2.04 bits per heavy atom. The minimum Gasteiger partial charge on any atom is -0.365 e. The van der Waals surface area contributed by atoms with Gasteiger partial charge in [-0.3, -0.25) is 4.79 Å². The van der Waals surface area contributed by atoms with Crippen LogP contribution in [0.3, 0.4) is 0 Å². The summed E-state index contributed by atoms with van der Waals surface area (Å²) >= 11 is 6.16. The van der Waals surface area contributed by atoms with Gasteiger partial charge in [0.2, 0.25) is 0 Å². The number of piperidine rings is 1. The molecule has 2 bridgehead atoms. The molecule has 5 heterocycles. The molecule has 0 aliphatic carbocycles. The molecule has 0 saturated carbocycles. The first-order valence-electron chi connectivity index (χ1n) is 7.27. The SMILES string of the molecule is Cn1ncc(N2CC3CC(C2)N3c2ncncc2F)c(Cl)c1=O. The molecule has 2 aromatic rings. The Morgan fingerprint density at radius 3 is 2.74 bits per heavy atom. The highest BCUT2D eigenvalue weighted by Crippen LogP contribution is 2.39. The van der Waals surface area contributed by atoms with E-state index in [1.165, 1.54) is 17.2 Å². The number of anilines is 2. The predicted molar refractivity (Wildman–Crippen MR) is 83.4 cm³/mol. The number of aromatic nitrogens is 4. The fraction of sp³-hybridized carbons (Fsp3) is 0.429. The summed E-state index contributed by atoms with van der Waals surface area (Å²) in [4.78, 5) is 23.7. The van der Waals surface area contributed by atoms with Crippen LogP contribution in [0.1, 0.15) is 6.42 Å². The van der Waals surface area contributed by atoms with Gasteiger partial charge >= 0.3 is 0 Å². The molecule has 23 heavy (non-hydrogen) atoms. The molecule has 9 heteroatoms. The van der Waals surface area contributed by atoms with Crippen LogP contribution < -0.4 is 15.4 Å². The van der Waals surface area contributed by atoms with Gasteiger partial charge in [0.15, 0.2) is 11.6 Å². The molecule has 3 aliphatic rings. The molecule has 0 amide bonds. The van der Waals surface area contributed by atoms with Crippen molar-refractivity contribution in [3.05, 3.63) is 39.9 Å². The Balaban J connectivity index is 1.60. The van der Waals surface area contributed by atoms with Crippen LogP contribution in [0, 0.1) is 5.82 Å². The Morgan fingerprint density at radius 1 is 1.30 bits per heavy atom.